The van der Waals surface area contributed by atoms with Gasteiger partial charge in [-0.15, -0.1) is 0 Å². The van der Waals surface area contributed by atoms with Crippen molar-refractivity contribution in [3.8, 4) is 0 Å². The Morgan fingerprint density at radius 1 is 1.19 bits per heavy atom. The van der Waals surface area contributed by atoms with Gasteiger partial charge in [0.25, 0.3) is 0 Å². The van der Waals surface area contributed by atoms with E-state index in [2.05, 4.69) is 14.7 Å². The quantitative estimate of drug-likeness (QED) is 0.297. The van der Waals surface area contributed by atoms with Crippen molar-refractivity contribution in [2.24, 2.45) is 0 Å². The summed E-state index contributed by atoms with van der Waals surface area (Å²) in [7, 11) is 1.20. The summed E-state index contributed by atoms with van der Waals surface area (Å²) in [6.45, 7) is 5.43. The number of methoxy groups -OCH3 is 1. The molecule has 0 bridgehead atoms. The fourth-order valence-electron chi connectivity index (χ4n) is 0.433. The number of carbonyl (C=O) groups excluding carboxylic acids is 2. The summed E-state index contributed by atoms with van der Waals surface area (Å²) in [5, 5.41) is 4.26. The Labute approximate surface area is 94.0 Å². The zero-order valence-electron chi connectivity index (χ0n) is 9.81. The van der Waals surface area contributed by atoms with Crippen LogP contribution in [-0.2, 0) is 29.1 Å². The standard InChI is InChI=1S/C10H16O6/c1-5-10(2,3)15-16-14-9(12)7-6-8(11)13-4/h6-7H,5H2,1-4H3. The minimum Gasteiger partial charge on any atom is -0.466 e. The summed E-state index contributed by atoms with van der Waals surface area (Å²) in [6.07, 6.45) is 2.47. The second-order valence-electron chi connectivity index (χ2n) is 3.52. The predicted molar refractivity (Wildman–Crippen MR) is 53.8 cm³/mol. The van der Waals surface area contributed by atoms with E-state index in [0.717, 1.165) is 12.2 Å². The Balaban J connectivity index is 3.83. The molecule has 6 heteroatoms. The molecule has 16 heavy (non-hydrogen) atoms. The van der Waals surface area contributed by atoms with Crippen molar-refractivity contribution in [3.63, 3.8) is 0 Å². The van der Waals surface area contributed by atoms with E-state index in [4.69, 9.17) is 4.89 Å². The number of esters is 1. The van der Waals surface area contributed by atoms with Gasteiger partial charge in [0, 0.05) is 12.2 Å². The molecule has 0 radical (unpaired) electrons. The Kier molecular flexibility index (Phi) is 6.36. The number of hydrogen-bond acceptors (Lipinski definition) is 6. The highest BCUT2D eigenvalue weighted by Crippen LogP contribution is 2.13. The van der Waals surface area contributed by atoms with Crippen LogP contribution in [0.2, 0.25) is 0 Å². The maximum absolute atomic E-state index is 10.9. The Hall–Kier alpha value is -1.40. The number of carbonyl (C=O) groups is 2. The molecule has 0 saturated heterocycles. The van der Waals surface area contributed by atoms with E-state index < -0.39 is 17.5 Å². The molecule has 0 N–H and O–H groups in total. The van der Waals surface area contributed by atoms with E-state index in [1.807, 2.05) is 6.92 Å². The smallest absolute Gasteiger partial charge is 0.369 e. The van der Waals surface area contributed by atoms with Gasteiger partial charge in [0.1, 0.15) is 5.60 Å². The van der Waals surface area contributed by atoms with E-state index >= 15 is 0 Å². The molecule has 0 fully saturated rings. The van der Waals surface area contributed by atoms with Gasteiger partial charge >= 0.3 is 11.9 Å². The molecule has 0 aliphatic carbocycles. The SMILES string of the molecule is CCC(C)(C)OOOC(=O)C=CC(=O)OC. The van der Waals surface area contributed by atoms with Crippen molar-refractivity contribution in [3.05, 3.63) is 12.2 Å². The molecule has 92 valence electrons. The van der Waals surface area contributed by atoms with Crippen LogP contribution in [0.4, 0.5) is 0 Å². The number of hydrogen-bond donors (Lipinski definition) is 0. The van der Waals surface area contributed by atoms with Crippen molar-refractivity contribution in [2.45, 2.75) is 32.8 Å². The third-order valence-electron chi connectivity index (χ3n) is 1.78. The predicted octanol–water partition coefficient (Wildman–Crippen LogP) is 1.31. The van der Waals surface area contributed by atoms with Gasteiger partial charge in [0.15, 0.2) is 0 Å². The lowest BCUT2D eigenvalue weighted by Gasteiger charge is -2.18. The maximum Gasteiger partial charge on any atom is 0.369 e. The first kappa shape index (κ1) is 14.6. The van der Waals surface area contributed by atoms with Crippen molar-refractivity contribution in [1.29, 1.82) is 0 Å². The van der Waals surface area contributed by atoms with E-state index in [1.165, 1.54) is 7.11 Å². The van der Waals surface area contributed by atoms with Crippen LogP contribution in [0.3, 0.4) is 0 Å². The molecule has 0 amide bonds. The molecule has 0 spiro atoms. The number of rotatable bonds is 6. The molecular formula is C10H16O6. The zero-order valence-corrected chi connectivity index (χ0v) is 9.81. The van der Waals surface area contributed by atoms with Crippen LogP contribution in [0.25, 0.3) is 0 Å². The van der Waals surface area contributed by atoms with Gasteiger partial charge in [-0.2, -0.15) is 4.89 Å². The topological polar surface area (TPSA) is 71.1 Å². The fraction of sp³-hybridized carbons (Fsp3) is 0.600. The average Bonchev–Trinajstić information content (AvgIpc) is 2.25. The minimum atomic E-state index is -0.864. The van der Waals surface area contributed by atoms with E-state index in [1.54, 1.807) is 13.8 Å². The van der Waals surface area contributed by atoms with Crippen LogP contribution < -0.4 is 0 Å². The zero-order chi connectivity index (χ0) is 12.6. The van der Waals surface area contributed by atoms with E-state index in [9.17, 15) is 9.59 Å². The molecule has 0 unspecified atom stereocenters. The minimum absolute atomic E-state index is 0.549. The van der Waals surface area contributed by atoms with Crippen molar-refractivity contribution in [2.75, 3.05) is 7.11 Å². The summed E-state index contributed by atoms with van der Waals surface area (Å²) < 4.78 is 4.27. The molecule has 0 aromatic rings. The molecule has 0 saturated carbocycles. The lowest BCUT2D eigenvalue weighted by Crippen LogP contribution is -2.23. The van der Waals surface area contributed by atoms with E-state index in [0.29, 0.717) is 6.42 Å². The summed E-state index contributed by atoms with van der Waals surface area (Å²) in [6, 6.07) is 0. The molecule has 0 atom stereocenters. The molecule has 6 nitrogen and oxygen atoms in total. The fourth-order valence-corrected chi connectivity index (χ4v) is 0.433. The molecular weight excluding hydrogens is 216 g/mol. The lowest BCUT2D eigenvalue weighted by molar-refractivity contribution is -0.515. The van der Waals surface area contributed by atoms with Crippen LogP contribution in [0.15, 0.2) is 12.2 Å². The van der Waals surface area contributed by atoms with Crippen molar-refractivity contribution >= 4 is 11.9 Å². The summed E-state index contributed by atoms with van der Waals surface area (Å²) in [5.41, 5.74) is -0.549. The first-order valence-electron chi connectivity index (χ1n) is 4.73. The normalized spacial score (nSPS) is 11.5. The first-order chi connectivity index (χ1) is 7.41. The maximum atomic E-state index is 10.9. The molecule has 0 aromatic carbocycles. The first-order valence-corrected chi connectivity index (χ1v) is 4.73. The highest BCUT2D eigenvalue weighted by atomic mass is 17.5. The van der Waals surface area contributed by atoms with Gasteiger partial charge in [-0.1, -0.05) is 6.92 Å². The summed E-state index contributed by atoms with van der Waals surface area (Å²) in [5.74, 6) is -1.52. The van der Waals surface area contributed by atoms with Crippen LogP contribution >= 0.6 is 0 Å². The third kappa shape index (κ3) is 6.97. The Bertz CT molecular complexity index is 268. The van der Waals surface area contributed by atoms with Crippen LogP contribution in [-0.4, -0.2) is 24.6 Å². The third-order valence-corrected chi connectivity index (χ3v) is 1.78. The lowest BCUT2D eigenvalue weighted by atomic mass is 10.1. The highest BCUT2D eigenvalue weighted by Gasteiger charge is 2.18. The van der Waals surface area contributed by atoms with Gasteiger partial charge in [-0.25, -0.2) is 9.59 Å². The Morgan fingerprint density at radius 3 is 2.25 bits per heavy atom. The van der Waals surface area contributed by atoms with Crippen molar-refractivity contribution < 1.29 is 29.1 Å². The van der Waals surface area contributed by atoms with Crippen LogP contribution in [0, 0.1) is 0 Å². The largest absolute Gasteiger partial charge is 0.466 e. The molecule has 0 aliphatic heterocycles. The molecule has 0 heterocycles. The highest BCUT2D eigenvalue weighted by molar-refractivity contribution is 5.91. The van der Waals surface area contributed by atoms with Gasteiger partial charge in [0.2, 0.25) is 0 Å². The number of ether oxygens (including phenoxy) is 1. The molecule has 0 rings (SSSR count). The van der Waals surface area contributed by atoms with Gasteiger partial charge < -0.3 is 4.74 Å². The summed E-state index contributed by atoms with van der Waals surface area (Å²) in [4.78, 5) is 30.5. The molecule has 0 aliphatic rings. The van der Waals surface area contributed by atoms with Crippen LogP contribution in [0.5, 0.6) is 0 Å². The second kappa shape index (κ2) is 6.97. The van der Waals surface area contributed by atoms with Crippen molar-refractivity contribution in [1.82, 2.24) is 0 Å². The average molecular weight is 232 g/mol. The summed E-state index contributed by atoms with van der Waals surface area (Å²) >= 11 is 0. The van der Waals surface area contributed by atoms with Gasteiger partial charge in [-0.05, 0) is 25.3 Å². The molecule has 0 aromatic heterocycles. The van der Waals surface area contributed by atoms with Gasteiger partial charge in [0.05, 0.1) is 7.11 Å². The second-order valence-corrected chi connectivity index (χ2v) is 3.52. The monoisotopic (exact) mass is 232 g/mol. The van der Waals surface area contributed by atoms with Gasteiger partial charge in [-0.3, -0.25) is 4.89 Å². The van der Waals surface area contributed by atoms with E-state index in [-0.39, 0.29) is 0 Å². The Morgan fingerprint density at radius 2 is 1.75 bits per heavy atom. The van der Waals surface area contributed by atoms with Crippen LogP contribution in [0.1, 0.15) is 27.2 Å².